The molecule has 1 aromatic heterocycles. The summed E-state index contributed by atoms with van der Waals surface area (Å²) < 4.78 is 2.50. The number of rotatable bonds is 2. The van der Waals surface area contributed by atoms with E-state index in [2.05, 4.69) is 146 Å². The van der Waals surface area contributed by atoms with Gasteiger partial charge in [0.2, 0.25) is 0 Å². The van der Waals surface area contributed by atoms with E-state index >= 15 is 0 Å². The van der Waals surface area contributed by atoms with Crippen LogP contribution in [0.5, 0.6) is 0 Å². The van der Waals surface area contributed by atoms with Gasteiger partial charge in [-0.05, 0) is 72.8 Å². The van der Waals surface area contributed by atoms with E-state index < -0.39 is 0 Å². The van der Waals surface area contributed by atoms with Gasteiger partial charge in [0.05, 0.1) is 11.2 Å². The predicted octanol–water partition coefficient (Wildman–Crippen LogP) is 10.5. The molecule has 1 nitrogen and oxygen atoms in total. The molecule has 0 saturated heterocycles. The van der Waals surface area contributed by atoms with E-state index in [-0.39, 0.29) is 5.41 Å². The molecule has 0 bridgehead atoms. The third kappa shape index (κ3) is 2.67. The Morgan fingerprint density at radius 1 is 0.475 bits per heavy atom. The average Bonchev–Trinajstić information content (AvgIpc) is 3.47. The molecule has 0 amide bonds. The van der Waals surface area contributed by atoms with Gasteiger partial charge in [0.25, 0.3) is 0 Å². The molecule has 0 saturated carbocycles. The van der Waals surface area contributed by atoms with E-state index in [1.165, 1.54) is 82.4 Å². The lowest BCUT2D eigenvalue weighted by Gasteiger charge is -2.22. The first kappa shape index (κ1) is 22.0. The fourth-order valence-corrected chi connectivity index (χ4v) is 7.61. The Bertz CT molecular complexity index is 2270. The fraction of sp³-hybridized carbons (Fsp3) is 0.0769. The molecule has 188 valence electrons. The number of para-hydroxylation sites is 1. The van der Waals surface area contributed by atoms with Crippen molar-refractivity contribution in [1.29, 1.82) is 0 Å². The molecule has 0 radical (unpaired) electrons. The van der Waals surface area contributed by atoms with Crippen molar-refractivity contribution in [2.75, 3.05) is 0 Å². The Hall–Kier alpha value is -4.88. The summed E-state index contributed by atoms with van der Waals surface area (Å²) in [5.74, 6) is 0. The van der Waals surface area contributed by atoms with Crippen LogP contribution in [-0.2, 0) is 5.41 Å². The molecule has 1 heterocycles. The maximum absolute atomic E-state index is 2.50. The SMILES string of the molecule is CC1(C)c2ccccc2-c2c1c1c(-c3ccc4ccc5cccc6ccc3c4c56)cccc1n2-c1ccccc1. The average molecular weight is 510 g/mol. The highest BCUT2D eigenvalue weighted by Crippen LogP contribution is 2.55. The van der Waals surface area contributed by atoms with Crippen molar-refractivity contribution in [2.24, 2.45) is 0 Å². The second kappa shape index (κ2) is 7.61. The number of hydrogen-bond donors (Lipinski definition) is 0. The molecule has 0 fully saturated rings. The molecule has 1 aliphatic carbocycles. The zero-order valence-electron chi connectivity index (χ0n) is 22.6. The Morgan fingerprint density at radius 3 is 1.95 bits per heavy atom. The molecule has 0 spiro atoms. The number of aromatic nitrogens is 1. The first-order chi connectivity index (χ1) is 19.6. The van der Waals surface area contributed by atoms with Gasteiger partial charge in [-0.2, -0.15) is 0 Å². The maximum atomic E-state index is 2.50. The van der Waals surface area contributed by atoms with Crippen molar-refractivity contribution >= 4 is 43.2 Å². The topological polar surface area (TPSA) is 4.93 Å². The van der Waals surface area contributed by atoms with E-state index in [9.17, 15) is 0 Å². The Labute approximate surface area is 233 Å². The van der Waals surface area contributed by atoms with Gasteiger partial charge in [-0.1, -0.05) is 123 Å². The molecule has 0 atom stereocenters. The summed E-state index contributed by atoms with van der Waals surface area (Å²) in [6, 6.07) is 47.2. The van der Waals surface area contributed by atoms with Gasteiger partial charge < -0.3 is 4.57 Å². The number of fused-ring (bicyclic) bond motifs is 5. The minimum absolute atomic E-state index is 0.121. The van der Waals surface area contributed by atoms with Crippen molar-refractivity contribution in [1.82, 2.24) is 4.57 Å². The lowest BCUT2D eigenvalue weighted by atomic mass is 9.80. The van der Waals surface area contributed by atoms with E-state index in [0.29, 0.717) is 0 Å². The third-order valence-electron chi connectivity index (χ3n) is 9.31. The molecule has 8 aromatic rings. The third-order valence-corrected chi connectivity index (χ3v) is 9.31. The summed E-state index contributed by atoms with van der Waals surface area (Å²) in [5, 5.41) is 9.33. The summed E-state index contributed by atoms with van der Waals surface area (Å²) in [6.45, 7) is 4.79. The minimum Gasteiger partial charge on any atom is -0.309 e. The molecule has 0 unspecified atom stereocenters. The van der Waals surface area contributed by atoms with Crippen LogP contribution in [0, 0.1) is 0 Å². The zero-order chi connectivity index (χ0) is 26.6. The van der Waals surface area contributed by atoms with Crippen LogP contribution in [0.15, 0.2) is 127 Å². The lowest BCUT2D eigenvalue weighted by Crippen LogP contribution is -2.15. The largest absolute Gasteiger partial charge is 0.309 e. The van der Waals surface area contributed by atoms with Crippen LogP contribution in [0.3, 0.4) is 0 Å². The quantitative estimate of drug-likeness (QED) is 0.204. The van der Waals surface area contributed by atoms with Crippen molar-refractivity contribution in [3.05, 3.63) is 139 Å². The summed E-state index contributed by atoms with van der Waals surface area (Å²) in [6.07, 6.45) is 0. The van der Waals surface area contributed by atoms with Crippen molar-refractivity contribution in [2.45, 2.75) is 19.3 Å². The highest BCUT2D eigenvalue weighted by atomic mass is 15.0. The molecule has 0 N–H and O–H groups in total. The molecule has 7 aromatic carbocycles. The summed E-state index contributed by atoms with van der Waals surface area (Å²) in [4.78, 5) is 0. The molecule has 40 heavy (non-hydrogen) atoms. The fourth-order valence-electron chi connectivity index (χ4n) is 7.61. The number of benzene rings is 7. The first-order valence-electron chi connectivity index (χ1n) is 14.1. The van der Waals surface area contributed by atoms with Gasteiger partial charge in [0, 0.05) is 22.1 Å². The van der Waals surface area contributed by atoms with E-state index in [1.54, 1.807) is 0 Å². The van der Waals surface area contributed by atoms with Crippen LogP contribution in [0.4, 0.5) is 0 Å². The summed E-state index contributed by atoms with van der Waals surface area (Å²) in [7, 11) is 0. The highest BCUT2D eigenvalue weighted by Gasteiger charge is 2.41. The van der Waals surface area contributed by atoms with Gasteiger partial charge in [-0.3, -0.25) is 0 Å². The maximum Gasteiger partial charge on any atom is 0.0585 e. The Balaban J connectivity index is 1.46. The van der Waals surface area contributed by atoms with Crippen LogP contribution in [0.1, 0.15) is 25.0 Å². The minimum atomic E-state index is -0.121. The van der Waals surface area contributed by atoms with E-state index in [4.69, 9.17) is 0 Å². The molecular formula is C39H27N. The molecular weight excluding hydrogens is 482 g/mol. The van der Waals surface area contributed by atoms with Crippen molar-refractivity contribution in [3.63, 3.8) is 0 Å². The van der Waals surface area contributed by atoms with E-state index in [0.717, 1.165) is 0 Å². The lowest BCUT2D eigenvalue weighted by molar-refractivity contribution is 0.666. The van der Waals surface area contributed by atoms with Crippen molar-refractivity contribution in [3.8, 4) is 28.1 Å². The van der Waals surface area contributed by atoms with Crippen LogP contribution >= 0.6 is 0 Å². The van der Waals surface area contributed by atoms with Gasteiger partial charge in [0.15, 0.2) is 0 Å². The summed E-state index contributed by atoms with van der Waals surface area (Å²) >= 11 is 0. The van der Waals surface area contributed by atoms with Crippen LogP contribution in [-0.4, -0.2) is 4.57 Å². The Kier molecular flexibility index (Phi) is 4.18. The number of nitrogens with zero attached hydrogens (tertiary/aromatic N) is 1. The smallest absolute Gasteiger partial charge is 0.0585 e. The number of hydrogen-bond acceptors (Lipinski definition) is 0. The molecule has 9 rings (SSSR count). The van der Waals surface area contributed by atoms with Gasteiger partial charge in [0.1, 0.15) is 0 Å². The van der Waals surface area contributed by atoms with Gasteiger partial charge in [-0.25, -0.2) is 0 Å². The zero-order valence-corrected chi connectivity index (χ0v) is 22.6. The Morgan fingerprint density at radius 2 is 1.12 bits per heavy atom. The second-order valence-corrected chi connectivity index (χ2v) is 11.7. The van der Waals surface area contributed by atoms with Crippen LogP contribution < -0.4 is 0 Å². The molecule has 1 heteroatoms. The first-order valence-corrected chi connectivity index (χ1v) is 14.1. The normalized spacial score (nSPS) is 13.9. The second-order valence-electron chi connectivity index (χ2n) is 11.7. The van der Waals surface area contributed by atoms with Crippen molar-refractivity contribution < 1.29 is 0 Å². The predicted molar refractivity (Wildman–Crippen MR) is 170 cm³/mol. The monoisotopic (exact) mass is 509 g/mol. The standard InChI is InChI=1S/C39H27N/c1-39(2)32-16-7-6-14-31(32)38-37(39)36-29(15-9-17-33(36)40(38)27-12-4-3-5-13-27)28-22-20-26-19-18-24-10-8-11-25-21-23-30(28)35(26)34(24)25/h3-23H,1-2H3. The van der Waals surface area contributed by atoms with E-state index in [1.807, 2.05) is 0 Å². The van der Waals surface area contributed by atoms with Crippen LogP contribution in [0.2, 0.25) is 0 Å². The highest BCUT2D eigenvalue weighted by molar-refractivity contribution is 6.26. The van der Waals surface area contributed by atoms with Crippen LogP contribution in [0.25, 0.3) is 71.3 Å². The van der Waals surface area contributed by atoms with Gasteiger partial charge >= 0.3 is 0 Å². The molecule has 0 aliphatic heterocycles. The summed E-state index contributed by atoms with van der Waals surface area (Å²) in [5.41, 5.74) is 10.4. The molecule has 1 aliphatic rings. The van der Waals surface area contributed by atoms with Gasteiger partial charge in [-0.15, -0.1) is 0 Å².